The second-order valence-electron chi connectivity index (χ2n) is 4.98. The summed E-state index contributed by atoms with van der Waals surface area (Å²) in [6.07, 6.45) is -0.571. The molecular formula is C17H17NO4. The molecule has 0 aromatic heterocycles. The van der Waals surface area contributed by atoms with Crippen LogP contribution in [0.1, 0.15) is 27.0 Å². The van der Waals surface area contributed by atoms with Gasteiger partial charge in [-0.3, -0.25) is 5.32 Å². The van der Waals surface area contributed by atoms with Gasteiger partial charge in [-0.15, -0.1) is 0 Å². The Labute approximate surface area is 128 Å². The molecule has 0 spiro atoms. The van der Waals surface area contributed by atoms with Crippen LogP contribution in [0, 0.1) is 13.8 Å². The summed E-state index contributed by atoms with van der Waals surface area (Å²) in [4.78, 5) is 22.8. The van der Waals surface area contributed by atoms with E-state index in [-0.39, 0.29) is 12.2 Å². The second-order valence-corrected chi connectivity index (χ2v) is 4.98. The lowest BCUT2D eigenvalue weighted by Gasteiger charge is -2.13. The van der Waals surface area contributed by atoms with Gasteiger partial charge in [0.15, 0.2) is 0 Å². The van der Waals surface area contributed by atoms with Crippen LogP contribution in [0.25, 0.3) is 0 Å². The first-order valence-corrected chi connectivity index (χ1v) is 6.79. The molecule has 0 saturated carbocycles. The van der Waals surface area contributed by atoms with Gasteiger partial charge in [-0.25, -0.2) is 9.59 Å². The molecule has 0 saturated heterocycles. The number of hydrogen-bond donors (Lipinski definition) is 2. The topological polar surface area (TPSA) is 75.6 Å². The van der Waals surface area contributed by atoms with Crippen LogP contribution in [-0.2, 0) is 11.3 Å². The zero-order valence-electron chi connectivity index (χ0n) is 12.4. The molecule has 0 aliphatic heterocycles. The molecule has 2 N–H and O–H groups in total. The largest absolute Gasteiger partial charge is 0.478 e. The number of ether oxygens (including phenoxy) is 1. The maximum Gasteiger partial charge on any atom is 0.411 e. The van der Waals surface area contributed by atoms with Crippen LogP contribution in [0.5, 0.6) is 0 Å². The number of rotatable bonds is 4. The molecule has 0 heterocycles. The minimum Gasteiger partial charge on any atom is -0.478 e. The van der Waals surface area contributed by atoms with Gasteiger partial charge in [0.05, 0.1) is 5.56 Å². The van der Waals surface area contributed by atoms with Crippen LogP contribution < -0.4 is 5.32 Å². The van der Waals surface area contributed by atoms with Gasteiger partial charge in [0.2, 0.25) is 0 Å². The van der Waals surface area contributed by atoms with Crippen molar-refractivity contribution in [1.82, 2.24) is 0 Å². The summed E-state index contributed by atoms with van der Waals surface area (Å²) in [5.41, 5.74) is 3.01. The average Bonchev–Trinajstić information content (AvgIpc) is 2.49. The molecule has 5 heteroatoms. The Morgan fingerprint density at radius 1 is 1.09 bits per heavy atom. The lowest BCUT2D eigenvalue weighted by Crippen LogP contribution is -2.15. The summed E-state index contributed by atoms with van der Waals surface area (Å²) in [5.74, 6) is -0.996. The van der Waals surface area contributed by atoms with Gasteiger partial charge in [-0.2, -0.15) is 0 Å². The van der Waals surface area contributed by atoms with E-state index in [1.165, 1.54) is 12.1 Å². The van der Waals surface area contributed by atoms with E-state index in [9.17, 15) is 9.59 Å². The minimum absolute atomic E-state index is 0.179. The molecule has 0 radical (unpaired) electrons. The molecule has 1 amide bonds. The molecule has 0 aliphatic carbocycles. The fraction of sp³-hybridized carbons (Fsp3) is 0.176. The van der Waals surface area contributed by atoms with Gasteiger partial charge in [-0.1, -0.05) is 30.3 Å². The average molecular weight is 299 g/mol. The monoisotopic (exact) mass is 299 g/mol. The van der Waals surface area contributed by atoms with E-state index in [1.807, 2.05) is 30.3 Å². The van der Waals surface area contributed by atoms with Crippen LogP contribution in [0.4, 0.5) is 10.5 Å². The molecule has 2 aromatic carbocycles. The molecule has 0 atom stereocenters. The number of anilines is 1. The predicted molar refractivity (Wildman–Crippen MR) is 83.1 cm³/mol. The molecule has 2 rings (SSSR count). The summed E-state index contributed by atoms with van der Waals surface area (Å²) in [7, 11) is 0. The first kappa shape index (κ1) is 15.6. The SMILES string of the molecule is Cc1cc(C(=O)O)cc(C)c1NC(=O)OCc1ccccc1. The normalized spacial score (nSPS) is 10.1. The molecule has 22 heavy (non-hydrogen) atoms. The number of carboxylic acids is 1. The molecule has 0 aliphatic rings. The lowest BCUT2D eigenvalue weighted by atomic mass is 10.0. The summed E-state index contributed by atoms with van der Waals surface area (Å²) in [6.45, 7) is 3.66. The first-order chi connectivity index (χ1) is 10.5. The summed E-state index contributed by atoms with van der Waals surface area (Å²) < 4.78 is 5.15. The molecule has 114 valence electrons. The van der Waals surface area contributed by atoms with Crippen LogP contribution in [0.2, 0.25) is 0 Å². The number of carboxylic acid groups (broad SMARTS) is 1. The fourth-order valence-corrected chi connectivity index (χ4v) is 2.15. The van der Waals surface area contributed by atoms with Crippen molar-refractivity contribution in [1.29, 1.82) is 0 Å². The number of benzene rings is 2. The van der Waals surface area contributed by atoms with Crippen molar-refractivity contribution >= 4 is 17.7 Å². The van der Waals surface area contributed by atoms with Crippen LogP contribution in [0.3, 0.4) is 0 Å². The van der Waals surface area contributed by atoms with Crippen molar-refractivity contribution in [3.05, 3.63) is 64.7 Å². The Hall–Kier alpha value is -2.82. The van der Waals surface area contributed by atoms with E-state index < -0.39 is 12.1 Å². The third-order valence-corrected chi connectivity index (χ3v) is 3.22. The van der Waals surface area contributed by atoms with E-state index in [1.54, 1.807) is 13.8 Å². The Bertz CT molecular complexity index is 672. The van der Waals surface area contributed by atoms with Crippen molar-refractivity contribution in [2.45, 2.75) is 20.5 Å². The lowest BCUT2D eigenvalue weighted by molar-refractivity contribution is 0.0696. The standard InChI is InChI=1S/C17H17NO4/c1-11-8-14(16(19)20)9-12(2)15(11)18-17(21)22-10-13-6-4-3-5-7-13/h3-9H,10H2,1-2H3,(H,18,21)(H,19,20). The van der Waals surface area contributed by atoms with Crippen molar-refractivity contribution in [3.63, 3.8) is 0 Å². The number of aromatic carboxylic acids is 1. The third kappa shape index (κ3) is 3.85. The number of hydrogen-bond acceptors (Lipinski definition) is 3. The van der Waals surface area contributed by atoms with Crippen molar-refractivity contribution in [2.24, 2.45) is 0 Å². The van der Waals surface area contributed by atoms with E-state index in [0.717, 1.165) is 5.56 Å². The Kier molecular flexibility index (Phi) is 4.78. The van der Waals surface area contributed by atoms with Gasteiger partial charge >= 0.3 is 12.1 Å². The van der Waals surface area contributed by atoms with Gasteiger partial charge in [-0.05, 0) is 42.7 Å². The zero-order chi connectivity index (χ0) is 16.1. The maximum atomic E-state index is 11.9. The number of aryl methyl sites for hydroxylation is 2. The Morgan fingerprint density at radius 3 is 2.23 bits per heavy atom. The summed E-state index contributed by atoms with van der Waals surface area (Å²) in [6, 6.07) is 12.4. The third-order valence-electron chi connectivity index (χ3n) is 3.22. The van der Waals surface area contributed by atoms with E-state index >= 15 is 0 Å². The van der Waals surface area contributed by atoms with Crippen molar-refractivity contribution < 1.29 is 19.4 Å². The van der Waals surface area contributed by atoms with E-state index in [2.05, 4.69) is 5.32 Å². The number of amides is 1. The van der Waals surface area contributed by atoms with Crippen LogP contribution in [0.15, 0.2) is 42.5 Å². The van der Waals surface area contributed by atoms with E-state index in [0.29, 0.717) is 16.8 Å². The summed E-state index contributed by atoms with van der Waals surface area (Å²) >= 11 is 0. The number of carbonyl (C=O) groups is 2. The molecule has 0 unspecified atom stereocenters. The van der Waals surface area contributed by atoms with E-state index in [4.69, 9.17) is 9.84 Å². The number of nitrogens with one attached hydrogen (secondary N) is 1. The molecule has 0 bridgehead atoms. The molecule has 0 fully saturated rings. The van der Waals surface area contributed by atoms with Crippen LogP contribution >= 0.6 is 0 Å². The van der Waals surface area contributed by atoms with Crippen LogP contribution in [-0.4, -0.2) is 17.2 Å². The molecule has 2 aromatic rings. The molecular weight excluding hydrogens is 282 g/mol. The van der Waals surface area contributed by atoms with Crippen molar-refractivity contribution in [2.75, 3.05) is 5.32 Å². The fourth-order valence-electron chi connectivity index (χ4n) is 2.15. The highest BCUT2D eigenvalue weighted by Gasteiger charge is 2.12. The summed E-state index contributed by atoms with van der Waals surface area (Å²) in [5, 5.41) is 11.7. The van der Waals surface area contributed by atoms with Gasteiger partial charge in [0.25, 0.3) is 0 Å². The second kappa shape index (κ2) is 6.76. The highest BCUT2D eigenvalue weighted by Crippen LogP contribution is 2.22. The highest BCUT2D eigenvalue weighted by molar-refractivity contribution is 5.92. The van der Waals surface area contributed by atoms with Gasteiger partial charge < -0.3 is 9.84 Å². The number of carbonyl (C=O) groups excluding carboxylic acids is 1. The highest BCUT2D eigenvalue weighted by atomic mass is 16.5. The Morgan fingerprint density at radius 2 is 1.68 bits per heavy atom. The first-order valence-electron chi connectivity index (χ1n) is 6.79. The maximum absolute atomic E-state index is 11.9. The Balaban J connectivity index is 2.04. The van der Waals surface area contributed by atoms with Crippen molar-refractivity contribution in [3.8, 4) is 0 Å². The van der Waals surface area contributed by atoms with Gasteiger partial charge in [0.1, 0.15) is 6.61 Å². The smallest absolute Gasteiger partial charge is 0.411 e. The quantitative estimate of drug-likeness (QED) is 0.901. The molecule has 5 nitrogen and oxygen atoms in total. The van der Waals surface area contributed by atoms with Gasteiger partial charge in [0, 0.05) is 5.69 Å². The predicted octanol–water partition coefficient (Wildman–Crippen LogP) is 3.75. The minimum atomic E-state index is -0.996. The zero-order valence-corrected chi connectivity index (χ0v) is 12.4.